The fourth-order valence-electron chi connectivity index (χ4n) is 2.01. The van der Waals surface area contributed by atoms with Crippen LogP contribution in [0.4, 0.5) is 0 Å². The molecule has 1 aromatic carbocycles. The van der Waals surface area contributed by atoms with Crippen LogP contribution < -0.4 is 5.32 Å². The minimum atomic E-state index is 0.737. The quantitative estimate of drug-likeness (QED) is 0.913. The summed E-state index contributed by atoms with van der Waals surface area (Å²) in [5.74, 6) is 2.64. The molecule has 0 radical (unpaired) electrons. The highest BCUT2D eigenvalue weighted by molar-refractivity contribution is 9.10. The molecule has 1 N–H and O–H groups in total. The summed E-state index contributed by atoms with van der Waals surface area (Å²) in [7, 11) is 0. The Morgan fingerprint density at radius 1 is 1.38 bits per heavy atom. The van der Waals surface area contributed by atoms with E-state index in [-0.39, 0.29) is 0 Å². The fourth-order valence-corrected chi connectivity index (χ4v) is 3.60. The topological polar surface area (TPSA) is 12.0 Å². The van der Waals surface area contributed by atoms with Crippen LogP contribution in [-0.4, -0.2) is 24.1 Å². The zero-order chi connectivity index (χ0) is 11.2. The van der Waals surface area contributed by atoms with Gasteiger partial charge in [0.05, 0.1) is 0 Å². The molecule has 0 bridgehead atoms. The average molecular weight is 300 g/mol. The van der Waals surface area contributed by atoms with E-state index < -0.39 is 0 Å². The number of benzene rings is 1. The highest BCUT2D eigenvalue weighted by atomic mass is 79.9. The molecule has 3 heteroatoms. The lowest BCUT2D eigenvalue weighted by atomic mass is 10.1. The number of rotatable bonds is 4. The predicted octanol–water partition coefficient (Wildman–Crippen LogP) is 3.48. The fraction of sp³-hybridized carbons (Fsp3) is 0.538. The van der Waals surface area contributed by atoms with Crippen LogP contribution in [0.15, 0.2) is 28.7 Å². The van der Waals surface area contributed by atoms with Gasteiger partial charge in [-0.05, 0) is 43.2 Å². The summed E-state index contributed by atoms with van der Waals surface area (Å²) < 4.78 is 1.23. The third kappa shape index (κ3) is 3.79. The van der Waals surface area contributed by atoms with E-state index in [9.17, 15) is 0 Å². The SMILES string of the molecule is Brc1ccccc1CCNC1CCCSC1. The van der Waals surface area contributed by atoms with Gasteiger partial charge in [0.1, 0.15) is 0 Å². The number of halogens is 1. The van der Waals surface area contributed by atoms with Gasteiger partial charge in [0.2, 0.25) is 0 Å². The molecule has 88 valence electrons. The first-order valence-corrected chi connectivity index (χ1v) is 7.85. The zero-order valence-electron chi connectivity index (χ0n) is 9.42. The molecule has 0 amide bonds. The van der Waals surface area contributed by atoms with Crippen LogP contribution >= 0.6 is 27.7 Å². The summed E-state index contributed by atoms with van der Waals surface area (Å²) >= 11 is 5.67. The van der Waals surface area contributed by atoms with E-state index in [1.165, 1.54) is 34.4 Å². The molecule has 1 aromatic rings. The van der Waals surface area contributed by atoms with Crippen LogP contribution in [0.5, 0.6) is 0 Å². The van der Waals surface area contributed by atoms with Crippen molar-refractivity contribution in [1.29, 1.82) is 0 Å². The Labute approximate surface area is 111 Å². The van der Waals surface area contributed by atoms with Crippen LogP contribution in [0, 0.1) is 0 Å². The Bertz CT molecular complexity index is 323. The summed E-state index contributed by atoms with van der Waals surface area (Å²) in [6, 6.07) is 9.23. The van der Waals surface area contributed by atoms with Crippen molar-refractivity contribution in [3.8, 4) is 0 Å². The molecule has 1 heterocycles. The highest BCUT2D eigenvalue weighted by Crippen LogP contribution is 2.18. The molecule has 1 atom stereocenters. The molecule has 1 fully saturated rings. The van der Waals surface area contributed by atoms with Crippen molar-refractivity contribution in [2.45, 2.75) is 25.3 Å². The van der Waals surface area contributed by atoms with Gasteiger partial charge in [0.15, 0.2) is 0 Å². The van der Waals surface area contributed by atoms with Gasteiger partial charge in [-0.1, -0.05) is 34.1 Å². The third-order valence-electron chi connectivity index (χ3n) is 2.95. The van der Waals surface area contributed by atoms with Gasteiger partial charge in [-0.2, -0.15) is 11.8 Å². The average Bonchev–Trinajstić information content (AvgIpc) is 2.33. The van der Waals surface area contributed by atoms with E-state index in [1.54, 1.807) is 0 Å². The highest BCUT2D eigenvalue weighted by Gasteiger charge is 2.12. The summed E-state index contributed by atoms with van der Waals surface area (Å²) in [5, 5.41) is 3.66. The first-order valence-electron chi connectivity index (χ1n) is 5.91. The molecular weight excluding hydrogens is 282 g/mol. The Morgan fingerprint density at radius 2 is 2.25 bits per heavy atom. The van der Waals surface area contributed by atoms with Crippen molar-refractivity contribution in [3.05, 3.63) is 34.3 Å². The molecule has 1 aliphatic rings. The molecule has 1 saturated heterocycles. The van der Waals surface area contributed by atoms with Crippen molar-refractivity contribution in [1.82, 2.24) is 5.32 Å². The monoisotopic (exact) mass is 299 g/mol. The lowest BCUT2D eigenvalue weighted by Gasteiger charge is -2.22. The maximum Gasteiger partial charge on any atom is 0.0207 e. The summed E-state index contributed by atoms with van der Waals surface area (Å²) in [6.45, 7) is 1.09. The van der Waals surface area contributed by atoms with Crippen molar-refractivity contribution < 1.29 is 0 Å². The summed E-state index contributed by atoms with van der Waals surface area (Å²) in [4.78, 5) is 0. The van der Waals surface area contributed by atoms with Crippen LogP contribution in [0.2, 0.25) is 0 Å². The zero-order valence-corrected chi connectivity index (χ0v) is 11.8. The molecular formula is C13H18BrNS. The Hall–Kier alpha value is 0.01000. The number of hydrogen-bond acceptors (Lipinski definition) is 2. The standard InChI is InChI=1S/C13H18BrNS/c14-13-6-2-1-4-11(13)7-8-15-12-5-3-9-16-10-12/h1-2,4,6,12,15H,3,5,7-10H2. The van der Waals surface area contributed by atoms with Gasteiger partial charge >= 0.3 is 0 Å². The molecule has 0 aromatic heterocycles. The summed E-state index contributed by atoms with van der Waals surface area (Å²) in [6.07, 6.45) is 3.84. The van der Waals surface area contributed by atoms with E-state index in [0.717, 1.165) is 19.0 Å². The second-order valence-electron chi connectivity index (χ2n) is 4.21. The second-order valence-corrected chi connectivity index (χ2v) is 6.21. The normalized spacial score (nSPS) is 20.9. The van der Waals surface area contributed by atoms with Crippen LogP contribution in [0.1, 0.15) is 18.4 Å². The van der Waals surface area contributed by atoms with Gasteiger partial charge in [0, 0.05) is 16.3 Å². The largest absolute Gasteiger partial charge is 0.313 e. The van der Waals surface area contributed by atoms with E-state index in [1.807, 2.05) is 0 Å². The number of hydrogen-bond donors (Lipinski definition) is 1. The first kappa shape index (κ1) is 12.5. The van der Waals surface area contributed by atoms with Crippen molar-refractivity contribution in [2.24, 2.45) is 0 Å². The molecule has 0 saturated carbocycles. The van der Waals surface area contributed by atoms with E-state index in [0.29, 0.717) is 0 Å². The minimum absolute atomic E-state index is 0.737. The van der Waals surface area contributed by atoms with E-state index in [4.69, 9.17) is 0 Å². The van der Waals surface area contributed by atoms with Crippen LogP contribution in [0.25, 0.3) is 0 Å². The smallest absolute Gasteiger partial charge is 0.0207 e. The molecule has 2 rings (SSSR count). The first-order chi connectivity index (χ1) is 7.86. The third-order valence-corrected chi connectivity index (χ3v) is 4.93. The molecule has 1 aliphatic heterocycles. The number of thioether (sulfide) groups is 1. The molecule has 16 heavy (non-hydrogen) atoms. The van der Waals surface area contributed by atoms with Gasteiger partial charge in [-0.15, -0.1) is 0 Å². The van der Waals surface area contributed by atoms with Gasteiger partial charge < -0.3 is 5.32 Å². The lowest BCUT2D eigenvalue weighted by molar-refractivity contribution is 0.511. The lowest BCUT2D eigenvalue weighted by Crippen LogP contribution is -2.35. The van der Waals surface area contributed by atoms with Gasteiger partial charge in [0.25, 0.3) is 0 Å². The van der Waals surface area contributed by atoms with E-state index in [2.05, 4.69) is 57.3 Å². The second kappa shape index (κ2) is 6.67. The van der Waals surface area contributed by atoms with Crippen molar-refractivity contribution in [2.75, 3.05) is 18.1 Å². The molecule has 1 unspecified atom stereocenters. The Balaban J connectivity index is 1.73. The van der Waals surface area contributed by atoms with Gasteiger partial charge in [-0.3, -0.25) is 0 Å². The van der Waals surface area contributed by atoms with E-state index >= 15 is 0 Å². The minimum Gasteiger partial charge on any atom is -0.313 e. The molecule has 0 aliphatic carbocycles. The molecule has 1 nitrogen and oxygen atoms in total. The number of nitrogens with one attached hydrogen (secondary N) is 1. The van der Waals surface area contributed by atoms with Gasteiger partial charge in [-0.25, -0.2) is 0 Å². The predicted molar refractivity (Wildman–Crippen MR) is 76.2 cm³/mol. The Morgan fingerprint density at radius 3 is 3.00 bits per heavy atom. The Kier molecular flexibility index (Phi) is 5.20. The maximum atomic E-state index is 3.66. The van der Waals surface area contributed by atoms with Crippen LogP contribution in [-0.2, 0) is 6.42 Å². The van der Waals surface area contributed by atoms with Crippen molar-refractivity contribution >= 4 is 27.7 Å². The maximum absolute atomic E-state index is 3.66. The summed E-state index contributed by atoms with van der Waals surface area (Å²) in [5.41, 5.74) is 1.40. The van der Waals surface area contributed by atoms with Crippen molar-refractivity contribution in [3.63, 3.8) is 0 Å². The van der Waals surface area contributed by atoms with Crippen LogP contribution in [0.3, 0.4) is 0 Å². The molecule has 0 spiro atoms.